The summed E-state index contributed by atoms with van der Waals surface area (Å²) in [5.41, 5.74) is 2.01. The monoisotopic (exact) mass is 277 g/mol. The lowest BCUT2D eigenvalue weighted by Crippen LogP contribution is -2.43. The lowest BCUT2D eigenvalue weighted by molar-refractivity contribution is -0.118. The van der Waals surface area contributed by atoms with Crippen LogP contribution in [0.3, 0.4) is 0 Å². The van der Waals surface area contributed by atoms with Gasteiger partial charge in [0.05, 0.1) is 12.1 Å². The van der Waals surface area contributed by atoms with Crippen molar-refractivity contribution in [1.82, 2.24) is 16.0 Å². The van der Waals surface area contributed by atoms with Crippen molar-refractivity contribution in [1.29, 1.82) is 0 Å². The summed E-state index contributed by atoms with van der Waals surface area (Å²) in [6, 6.07) is 6.94. The SMILES string of the molecule is CC(=O)NCCNC(=O)N[C@H]1c2ccccc2C[C@H]1O. The molecule has 1 aliphatic rings. The van der Waals surface area contributed by atoms with Crippen LogP contribution in [0.5, 0.6) is 0 Å². The molecule has 0 saturated carbocycles. The third-order valence-electron chi connectivity index (χ3n) is 3.28. The molecule has 108 valence electrons. The largest absolute Gasteiger partial charge is 0.390 e. The second-order valence-corrected chi connectivity index (χ2v) is 4.83. The Morgan fingerprint density at radius 2 is 1.95 bits per heavy atom. The van der Waals surface area contributed by atoms with E-state index in [4.69, 9.17) is 0 Å². The molecule has 0 aliphatic heterocycles. The molecule has 0 bridgehead atoms. The van der Waals surface area contributed by atoms with Gasteiger partial charge in [0, 0.05) is 26.4 Å². The zero-order valence-corrected chi connectivity index (χ0v) is 11.3. The number of nitrogens with one attached hydrogen (secondary N) is 3. The van der Waals surface area contributed by atoms with Gasteiger partial charge in [0.1, 0.15) is 0 Å². The zero-order valence-electron chi connectivity index (χ0n) is 11.3. The van der Waals surface area contributed by atoms with E-state index in [1.807, 2.05) is 24.3 Å². The highest BCUT2D eigenvalue weighted by Crippen LogP contribution is 2.30. The zero-order chi connectivity index (χ0) is 14.5. The molecule has 6 nitrogen and oxygen atoms in total. The fourth-order valence-electron chi connectivity index (χ4n) is 2.35. The number of aliphatic hydroxyl groups is 1. The Morgan fingerprint density at radius 1 is 1.25 bits per heavy atom. The lowest BCUT2D eigenvalue weighted by atomic mass is 10.1. The first-order valence-corrected chi connectivity index (χ1v) is 6.62. The molecule has 0 spiro atoms. The van der Waals surface area contributed by atoms with E-state index in [0.717, 1.165) is 11.1 Å². The molecule has 2 atom stereocenters. The van der Waals surface area contributed by atoms with Crippen molar-refractivity contribution in [2.24, 2.45) is 0 Å². The summed E-state index contributed by atoms with van der Waals surface area (Å²) < 4.78 is 0. The van der Waals surface area contributed by atoms with Gasteiger partial charge in [-0.05, 0) is 11.1 Å². The Bertz CT molecular complexity index is 504. The minimum atomic E-state index is -0.603. The van der Waals surface area contributed by atoms with Crippen LogP contribution >= 0.6 is 0 Å². The second kappa shape index (κ2) is 6.38. The topological polar surface area (TPSA) is 90.5 Å². The summed E-state index contributed by atoms with van der Waals surface area (Å²) in [7, 11) is 0. The summed E-state index contributed by atoms with van der Waals surface area (Å²) in [5.74, 6) is -0.132. The standard InChI is InChI=1S/C14H19N3O3/c1-9(18)15-6-7-16-14(20)17-13-11-5-3-2-4-10(11)8-12(13)19/h2-5,12-13,19H,6-8H2,1H3,(H,15,18)(H2,16,17,20)/t12-,13+/m1/s1. The number of hydrogen-bond donors (Lipinski definition) is 4. The maximum atomic E-state index is 11.8. The Morgan fingerprint density at radius 3 is 2.70 bits per heavy atom. The number of rotatable bonds is 4. The maximum absolute atomic E-state index is 11.8. The predicted octanol–water partition coefficient (Wildman–Crippen LogP) is 0.0800. The third-order valence-corrected chi connectivity index (χ3v) is 3.28. The highest BCUT2D eigenvalue weighted by atomic mass is 16.3. The van der Waals surface area contributed by atoms with E-state index in [1.165, 1.54) is 6.92 Å². The van der Waals surface area contributed by atoms with Gasteiger partial charge >= 0.3 is 6.03 Å². The molecule has 4 N–H and O–H groups in total. The van der Waals surface area contributed by atoms with Gasteiger partial charge in [-0.25, -0.2) is 4.79 Å². The first-order valence-electron chi connectivity index (χ1n) is 6.62. The van der Waals surface area contributed by atoms with Crippen LogP contribution in [0.25, 0.3) is 0 Å². The van der Waals surface area contributed by atoms with E-state index >= 15 is 0 Å². The van der Waals surface area contributed by atoms with Crippen LogP contribution in [-0.4, -0.2) is 36.2 Å². The van der Waals surface area contributed by atoms with E-state index in [-0.39, 0.29) is 18.0 Å². The predicted molar refractivity (Wildman–Crippen MR) is 74.1 cm³/mol. The van der Waals surface area contributed by atoms with Crippen molar-refractivity contribution in [2.45, 2.75) is 25.5 Å². The van der Waals surface area contributed by atoms with E-state index in [0.29, 0.717) is 19.5 Å². The number of fused-ring (bicyclic) bond motifs is 1. The van der Waals surface area contributed by atoms with Crippen molar-refractivity contribution < 1.29 is 14.7 Å². The number of hydrogen-bond acceptors (Lipinski definition) is 3. The van der Waals surface area contributed by atoms with Gasteiger partial charge in [0.2, 0.25) is 5.91 Å². The van der Waals surface area contributed by atoms with E-state index in [9.17, 15) is 14.7 Å². The summed E-state index contributed by atoms with van der Waals surface area (Å²) in [6.07, 6.45) is -0.0546. The number of aliphatic hydroxyl groups excluding tert-OH is 1. The normalized spacial score (nSPS) is 20.1. The van der Waals surface area contributed by atoms with Gasteiger partial charge < -0.3 is 21.1 Å². The Labute approximate surface area is 117 Å². The molecular weight excluding hydrogens is 258 g/mol. The third kappa shape index (κ3) is 3.48. The quantitative estimate of drug-likeness (QED) is 0.587. The first-order chi connectivity index (χ1) is 9.58. The summed E-state index contributed by atoms with van der Waals surface area (Å²) >= 11 is 0. The molecule has 6 heteroatoms. The van der Waals surface area contributed by atoms with E-state index in [2.05, 4.69) is 16.0 Å². The maximum Gasteiger partial charge on any atom is 0.315 e. The van der Waals surface area contributed by atoms with Crippen molar-refractivity contribution in [3.05, 3.63) is 35.4 Å². The fraction of sp³-hybridized carbons (Fsp3) is 0.429. The molecule has 0 fully saturated rings. The van der Waals surface area contributed by atoms with Crippen molar-refractivity contribution >= 4 is 11.9 Å². The van der Waals surface area contributed by atoms with Crippen LogP contribution in [-0.2, 0) is 11.2 Å². The Hall–Kier alpha value is -2.08. The minimum Gasteiger partial charge on any atom is -0.390 e. The summed E-state index contributed by atoms with van der Waals surface area (Å²) in [5, 5.41) is 18.0. The molecule has 1 aromatic rings. The number of carbonyl (C=O) groups excluding carboxylic acids is 2. The number of urea groups is 1. The summed E-state index contributed by atoms with van der Waals surface area (Å²) in [4.78, 5) is 22.4. The van der Waals surface area contributed by atoms with Gasteiger partial charge in [-0.1, -0.05) is 24.3 Å². The van der Waals surface area contributed by atoms with Crippen LogP contribution in [0, 0.1) is 0 Å². The average Bonchev–Trinajstić information content (AvgIpc) is 2.71. The molecular formula is C14H19N3O3. The molecule has 2 rings (SSSR count). The minimum absolute atomic E-state index is 0.132. The molecule has 0 radical (unpaired) electrons. The van der Waals surface area contributed by atoms with Crippen molar-refractivity contribution in [3.8, 4) is 0 Å². The van der Waals surface area contributed by atoms with Crippen LogP contribution in [0.2, 0.25) is 0 Å². The van der Waals surface area contributed by atoms with Gasteiger partial charge in [-0.15, -0.1) is 0 Å². The van der Waals surface area contributed by atoms with E-state index in [1.54, 1.807) is 0 Å². The van der Waals surface area contributed by atoms with E-state index < -0.39 is 6.10 Å². The highest BCUT2D eigenvalue weighted by molar-refractivity contribution is 5.75. The van der Waals surface area contributed by atoms with Crippen molar-refractivity contribution in [3.63, 3.8) is 0 Å². The van der Waals surface area contributed by atoms with Gasteiger partial charge in [0.25, 0.3) is 0 Å². The van der Waals surface area contributed by atoms with Crippen LogP contribution in [0.1, 0.15) is 24.1 Å². The lowest BCUT2D eigenvalue weighted by Gasteiger charge is -2.18. The van der Waals surface area contributed by atoms with Gasteiger partial charge in [0.15, 0.2) is 0 Å². The number of amides is 3. The number of carbonyl (C=O) groups is 2. The second-order valence-electron chi connectivity index (χ2n) is 4.83. The molecule has 0 unspecified atom stereocenters. The smallest absolute Gasteiger partial charge is 0.315 e. The molecule has 0 saturated heterocycles. The molecule has 1 aliphatic carbocycles. The molecule has 0 heterocycles. The van der Waals surface area contributed by atoms with Crippen LogP contribution < -0.4 is 16.0 Å². The van der Waals surface area contributed by atoms with Gasteiger partial charge in [-0.2, -0.15) is 0 Å². The Balaban J connectivity index is 1.84. The Kier molecular flexibility index (Phi) is 4.57. The molecule has 20 heavy (non-hydrogen) atoms. The first kappa shape index (κ1) is 14.3. The summed E-state index contributed by atoms with van der Waals surface area (Å²) in [6.45, 7) is 2.15. The average molecular weight is 277 g/mol. The molecule has 1 aromatic carbocycles. The number of benzene rings is 1. The van der Waals surface area contributed by atoms with Crippen molar-refractivity contribution in [2.75, 3.05) is 13.1 Å². The molecule has 0 aromatic heterocycles. The highest BCUT2D eigenvalue weighted by Gasteiger charge is 2.31. The fourth-order valence-corrected chi connectivity index (χ4v) is 2.35. The van der Waals surface area contributed by atoms with Crippen LogP contribution in [0.15, 0.2) is 24.3 Å². The van der Waals surface area contributed by atoms with Crippen LogP contribution in [0.4, 0.5) is 4.79 Å². The molecule has 3 amide bonds. The van der Waals surface area contributed by atoms with Gasteiger partial charge in [-0.3, -0.25) is 4.79 Å².